The van der Waals surface area contributed by atoms with Crippen LogP contribution in [0.1, 0.15) is 35.9 Å². The normalized spacial score (nSPS) is 14.1. The zero-order valence-corrected chi connectivity index (χ0v) is 23.8. The van der Waals surface area contributed by atoms with Crippen LogP contribution in [-0.4, -0.2) is 48.2 Å². The van der Waals surface area contributed by atoms with Crippen LogP contribution >= 0.6 is 35.0 Å². The van der Waals surface area contributed by atoms with Gasteiger partial charge in [0.15, 0.2) is 0 Å². The van der Waals surface area contributed by atoms with Crippen molar-refractivity contribution < 1.29 is 33.1 Å². The standard InChI is InChI=1S/C28H24Cl2N2O7S/c1-3-4-11-38-27(35)19-13-17(6-8-21(19)30)31-25(33)15-32-26(34)24(40-28(32)36)14-18-7-10-23(39-18)20-12-16(29)5-9-22(20)37-2/h5-10,12-14H,3-4,11,15H2,1-2H3,(H,31,33)/b24-14+. The number of unbranched alkanes of at least 4 members (excludes halogenated alkanes) is 1. The molecule has 1 aliphatic rings. The topological polar surface area (TPSA) is 115 Å². The van der Waals surface area contributed by atoms with Gasteiger partial charge in [0.05, 0.1) is 34.8 Å². The minimum Gasteiger partial charge on any atom is -0.496 e. The summed E-state index contributed by atoms with van der Waals surface area (Å²) in [6.07, 6.45) is 3.00. The van der Waals surface area contributed by atoms with Gasteiger partial charge in [-0.3, -0.25) is 19.3 Å². The number of nitrogens with zero attached hydrogens (tertiary/aromatic N) is 1. The van der Waals surface area contributed by atoms with Gasteiger partial charge in [0, 0.05) is 16.8 Å². The second kappa shape index (κ2) is 13.1. The van der Waals surface area contributed by atoms with Gasteiger partial charge in [0.25, 0.3) is 11.1 Å². The Morgan fingerprint density at radius 3 is 2.65 bits per heavy atom. The lowest BCUT2D eigenvalue weighted by Crippen LogP contribution is -2.36. The predicted octanol–water partition coefficient (Wildman–Crippen LogP) is 6.89. The summed E-state index contributed by atoms with van der Waals surface area (Å²) in [7, 11) is 1.52. The van der Waals surface area contributed by atoms with E-state index in [4.69, 9.17) is 37.1 Å². The number of rotatable bonds is 10. The van der Waals surface area contributed by atoms with Crippen LogP contribution in [0.25, 0.3) is 17.4 Å². The first-order valence-corrected chi connectivity index (χ1v) is 13.7. The largest absolute Gasteiger partial charge is 0.496 e. The van der Waals surface area contributed by atoms with Gasteiger partial charge >= 0.3 is 5.97 Å². The molecule has 2 heterocycles. The maximum atomic E-state index is 12.9. The quantitative estimate of drug-likeness (QED) is 0.151. The lowest BCUT2D eigenvalue weighted by atomic mass is 10.1. The number of furan rings is 1. The average molecular weight is 603 g/mol. The number of anilines is 1. The summed E-state index contributed by atoms with van der Waals surface area (Å²) >= 11 is 12.9. The average Bonchev–Trinajstić information content (AvgIpc) is 3.50. The van der Waals surface area contributed by atoms with Crippen molar-refractivity contribution in [3.8, 4) is 17.1 Å². The van der Waals surface area contributed by atoms with Gasteiger partial charge in [-0.2, -0.15) is 0 Å². The molecule has 0 saturated carbocycles. The minimum absolute atomic E-state index is 0.0953. The predicted molar refractivity (Wildman–Crippen MR) is 154 cm³/mol. The number of carbonyl (C=O) groups excluding carboxylic acids is 4. The molecule has 1 saturated heterocycles. The second-order valence-electron chi connectivity index (χ2n) is 8.55. The molecule has 0 bridgehead atoms. The fraction of sp³-hybridized carbons (Fsp3) is 0.214. The number of ether oxygens (including phenoxy) is 2. The zero-order chi connectivity index (χ0) is 28.8. The summed E-state index contributed by atoms with van der Waals surface area (Å²) in [6, 6.07) is 12.8. The number of amides is 3. The number of halogens is 2. The maximum absolute atomic E-state index is 12.9. The number of nitrogens with one attached hydrogen (secondary N) is 1. The Kier molecular flexibility index (Phi) is 9.57. The van der Waals surface area contributed by atoms with Gasteiger partial charge in [-0.05, 0) is 66.7 Å². The first-order valence-electron chi connectivity index (χ1n) is 12.2. The summed E-state index contributed by atoms with van der Waals surface area (Å²) in [5.74, 6) is -0.546. The lowest BCUT2D eigenvalue weighted by Gasteiger charge is -2.13. The van der Waals surface area contributed by atoms with Crippen molar-refractivity contribution >= 4 is 69.8 Å². The number of benzene rings is 2. The van der Waals surface area contributed by atoms with Crippen molar-refractivity contribution in [3.63, 3.8) is 0 Å². The molecular weight excluding hydrogens is 579 g/mol. The fourth-order valence-corrected chi connectivity index (χ4v) is 4.89. The zero-order valence-electron chi connectivity index (χ0n) is 21.5. The number of thioether (sulfide) groups is 1. The Labute approximate surface area is 244 Å². The monoisotopic (exact) mass is 602 g/mol. The van der Waals surface area contributed by atoms with Crippen LogP contribution in [0.15, 0.2) is 57.9 Å². The molecule has 1 aromatic heterocycles. The number of methoxy groups -OCH3 is 1. The molecule has 12 heteroatoms. The Hall–Kier alpha value is -3.73. The Morgan fingerprint density at radius 1 is 1.10 bits per heavy atom. The third-order valence-electron chi connectivity index (χ3n) is 5.70. The number of esters is 1. The molecular formula is C28H24Cl2N2O7S. The third-order valence-corrected chi connectivity index (χ3v) is 7.18. The highest BCUT2D eigenvalue weighted by Gasteiger charge is 2.36. The summed E-state index contributed by atoms with van der Waals surface area (Å²) in [5.41, 5.74) is 0.982. The highest BCUT2D eigenvalue weighted by molar-refractivity contribution is 8.18. The highest BCUT2D eigenvalue weighted by Crippen LogP contribution is 2.36. The first-order chi connectivity index (χ1) is 19.2. The van der Waals surface area contributed by atoms with E-state index in [-0.39, 0.29) is 27.8 Å². The summed E-state index contributed by atoms with van der Waals surface area (Å²) < 4.78 is 16.4. The molecule has 1 N–H and O–H groups in total. The van der Waals surface area contributed by atoms with Crippen molar-refractivity contribution in [3.05, 3.63) is 74.8 Å². The van der Waals surface area contributed by atoms with Crippen molar-refractivity contribution in [1.29, 1.82) is 0 Å². The van der Waals surface area contributed by atoms with E-state index in [9.17, 15) is 19.2 Å². The van der Waals surface area contributed by atoms with E-state index in [0.29, 0.717) is 46.0 Å². The molecule has 208 valence electrons. The van der Waals surface area contributed by atoms with E-state index in [1.54, 1.807) is 30.3 Å². The lowest BCUT2D eigenvalue weighted by molar-refractivity contribution is -0.127. The molecule has 0 radical (unpaired) electrons. The fourth-order valence-electron chi connectivity index (χ4n) is 3.70. The molecule has 1 aliphatic heterocycles. The summed E-state index contributed by atoms with van der Waals surface area (Å²) in [5, 5.41) is 2.64. The minimum atomic E-state index is -0.639. The molecule has 40 heavy (non-hydrogen) atoms. The van der Waals surface area contributed by atoms with Crippen molar-refractivity contribution in [2.24, 2.45) is 0 Å². The van der Waals surface area contributed by atoms with Crippen LogP contribution in [0, 0.1) is 0 Å². The van der Waals surface area contributed by atoms with Crippen LogP contribution in [0.5, 0.6) is 5.75 Å². The first kappa shape index (κ1) is 29.3. The number of imide groups is 1. The molecule has 3 aromatic rings. The smallest absolute Gasteiger partial charge is 0.339 e. The van der Waals surface area contributed by atoms with E-state index in [2.05, 4.69) is 5.32 Å². The van der Waals surface area contributed by atoms with Gasteiger partial charge in [-0.15, -0.1) is 0 Å². The van der Waals surface area contributed by atoms with Gasteiger partial charge in [0.2, 0.25) is 5.91 Å². The maximum Gasteiger partial charge on any atom is 0.339 e. The number of hydrogen-bond donors (Lipinski definition) is 1. The van der Waals surface area contributed by atoms with Gasteiger partial charge in [0.1, 0.15) is 23.8 Å². The molecule has 0 spiro atoms. The van der Waals surface area contributed by atoms with E-state index < -0.39 is 29.6 Å². The SMILES string of the molecule is CCCCOC(=O)c1cc(NC(=O)CN2C(=O)S/C(=C/c3ccc(-c4cc(Cl)ccc4OC)o3)C2=O)ccc1Cl. The summed E-state index contributed by atoms with van der Waals surface area (Å²) in [4.78, 5) is 51.4. The number of carbonyl (C=O) groups is 4. The molecule has 2 aromatic carbocycles. The third kappa shape index (κ3) is 6.88. The Balaban J connectivity index is 1.42. The Bertz CT molecular complexity index is 1500. The molecule has 0 unspecified atom stereocenters. The van der Waals surface area contributed by atoms with Crippen LogP contribution in [0.4, 0.5) is 10.5 Å². The molecule has 4 rings (SSSR count). The van der Waals surface area contributed by atoms with Gasteiger partial charge < -0.3 is 19.2 Å². The highest BCUT2D eigenvalue weighted by atomic mass is 35.5. The molecule has 3 amide bonds. The molecule has 0 atom stereocenters. The summed E-state index contributed by atoms with van der Waals surface area (Å²) in [6.45, 7) is 1.70. The van der Waals surface area contributed by atoms with Crippen molar-refractivity contribution in [2.45, 2.75) is 19.8 Å². The molecule has 9 nitrogen and oxygen atoms in total. The number of hydrogen-bond acceptors (Lipinski definition) is 8. The van der Waals surface area contributed by atoms with Crippen molar-refractivity contribution in [2.75, 3.05) is 25.6 Å². The molecule has 0 aliphatic carbocycles. The van der Waals surface area contributed by atoms with Crippen LogP contribution in [0.3, 0.4) is 0 Å². The van der Waals surface area contributed by atoms with E-state index in [1.165, 1.54) is 31.4 Å². The van der Waals surface area contributed by atoms with Crippen molar-refractivity contribution in [1.82, 2.24) is 4.90 Å². The van der Waals surface area contributed by atoms with Gasteiger partial charge in [-0.25, -0.2) is 4.79 Å². The van der Waals surface area contributed by atoms with Crippen LogP contribution < -0.4 is 10.1 Å². The van der Waals surface area contributed by atoms with E-state index in [0.717, 1.165) is 11.3 Å². The van der Waals surface area contributed by atoms with Gasteiger partial charge in [-0.1, -0.05) is 36.5 Å². The van der Waals surface area contributed by atoms with E-state index in [1.807, 2.05) is 6.92 Å². The second-order valence-corrected chi connectivity index (χ2v) is 10.4. The Morgan fingerprint density at radius 2 is 1.90 bits per heavy atom. The van der Waals surface area contributed by atoms with Crippen LogP contribution in [-0.2, 0) is 14.3 Å². The molecule has 1 fully saturated rings. The van der Waals surface area contributed by atoms with Crippen LogP contribution in [0.2, 0.25) is 10.0 Å². The van der Waals surface area contributed by atoms with E-state index >= 15 is 0 Å².